The van der Waals surface area contributed by atoms with Crippen LogP contribution < -0.4 is 14.4 Å². The highest BCUT2D eigenvalue weighted by atomic mass is 32.1. The van der Waals surface area contributed by atoms with Crippen molar-refractivity contribution in [1.82, 2.24) is 0 Å². The van der Waals surface area contributed by atoms with Gasteiger partial charge in [-0.05, 0) is 29.1 Å². The van der Waals surface area contributed by atoms with Gasteiger partial charge in [0.05, 0.1) is 25.1 Å². The third-order valence-corrected chi connectivity index (χ3v) is 9.41. The molecule has 40 heavy (non-hydrogen) atoms. The predicted octanol–water partition coefficient (Wildman–Crippen LogP) is 6.08. The number of hydrogen-bond acceptors (Lipinski definition) is 7. The van der Waals surface area contributed by atoms with Gasteiger partial charge in [0.1, 0.15) is 23.0 Å². The average molecular weight is 548 g/mol. The SMILES string of the molecule is COc1ccc([C@H]2[C@H](C(=O)c3cccs3)N3c4ccccc4C=C[C@@H]3C23C(=O)c2ccccc2C3=O)c(OC)c1. The molecule has 0 amide bonds. The number of carbonyl (C=O) groups excluding carboxylic acids is 3. The Balaban J connectivity index is 1.57. The monoisotopic (exact) mass is 547 g/mol. The second-order valence-corrected chi connectivity index (χ2v) is 11.2. The Morgan fingerprint density at radius 1 is 0.875 bits per heavy atom. The molecule has 2 aliphatic heterocycles. The van der Waals surface area contributed by atoms with Crippen LogP contribution in [-0.2, 0) is 0 Å². The lowest BCUT2D eigenvalue weighted by molar-refractivity contribution is 0.0665. The molecular weight excluding hydrogens is 522 g/mol. The number of anilines is 1. The maximum absolute atomic E-state index is 14.7. The molecule has 4 aromatic rings. The van der Waals surface area contributed by atoms with E-state index in [2.05, 4.69) is 0 Å². The molecule has 3 heterocycles. The first-order valence-corrected chi connectivity index (χ1v) is 13.9. The largest absolute Gasteiger partial charge is 0.497 e. The lowest BCUT2D eigenvalue weighted by Crippen LogP contribution is -2.48. The van der Waals surface area contributed by atoms with Crippen LogP contribution in [-0.4, -0.2) is 43.7 Å². The van der Waals surface area contributed by atoms with Crippen LogP contribution in [0.1, 0.15) is 47.4 Å². The number of rotatable bonds is 5. The Kier molecular flexibility index (Phi) is 5.54. The minimum Gasteiger partial charge on any atom is -0.497 e. The Labute approximate surface area is 235 Å². The van der Waals surface area contributed by atoms with Crippen LogP contribution >= 0.6 is 11.3 Å². The van der Waals surface area contributed by atoms with Crippen molar-refractivity contribution in [2.24, 2.45) is 5.41 Å². The van der Waals surface area contributed by atoms with Crippen LogP contribution in [0.4, 0.5) is 5.69 Å². The fraction of sp³-hybridized carbons (Fsp3) is 0.182. The molecule has 7 heteroatoms. The average Bonchev–Trinajstić information content (AvgIpc) is 3.70. The number of methoxy groups -OCH3 is 2. The summed E-state index contributed by atoms with van der Waals surface area (Å²) in [5, 5.41) is 1.87. The van der Waals surface area contributed by atoms with E-state index in [0.29, 0.717) is 33.1 Å². The highest BCUT2D eigenvalue weighted by Crippen LogP contribution is 2.62. The second kappa shape index (κ2) is 9.03. The van der Waals surface area contributed by atoms with Gasteiger partial charge >= 0.3 is 0 Å². The number of ether oxygens (including phenoxy) is 2. The molecular formula is C33H25NO5S. The second-order valence-electron chi connectivity index (χ2n) is 10.2. The van der Waals surface area contributed by atoms with Crippen LogP contribution in [0.15, 0.2) is 90.3 Å². The minimum atomic E-state index is -1.58. The smallest absolute Gasteiger partial charge is 0.195 e. The molecule has 0 radical (unpaired) electrons. The Bertz CT molecular complexity index is 1690. The summed E-state index contributed by atoms with van der Waals surface area (Å²) >= 11 is 1.36. The molecule has 0 saturated carbocycles. The topological polar surface area (TPSA) is 72.9 Å². The molecule has 1 aliphatic carbocycles. The molecule has 198 valence electrons. The zero-order valence-corrected chi connectivity index (χ0v) is 22.7. The molecule has 0 unspecified atom stereocenters. The zero-order valence-electron chi connectivity index (χ0n) is 21.9. The molecule has 0 bridgehead atoms. The fourth-order valence-corrected chi connectivity index (χ4v) is 7.60. The van der Waals surface area contributed by atoms with E-state index in [1.807, 2.05) is 58.8 Å². The Hall–Kier alpha value is -4.49. The molecule has 1 saturated heterocycles. The first-order chi connectivity index (χ1) is 19.5. The summed E-state index contributed by atoms with van der Waals surface area (Å²) in [6.07, 6.45) is 3.89. The first-order valence-electron chi connectivity index (χ1n) is 13.1. The number of hydrogen-bond donors (Lipinski definition) is 0. The van der Waals surface area contributed by atoms with Gasteiger partial charge in [-0.15, -0.1) is 11.3 Å². The van der Waals surface area contributed by atoms with E-state index in [-0.39, 0.29) is 17.3 Å². The Morgan fingerprint density at radius 2 is 1.60 bits per heavy atom. The summed E-state index contributed by atoms with van der Waals surface area (Å²) in [7, 11) is 3.11. The molecule has 3 aliphatic rings. The van der Waals surface area contributed by atoms with E-state index in [1.54, 1.807) is 56.7 Å². The molecule has 1 spiro atoms. The Morgan fingerprint density at radius 3 is 2.27 bits per heavy atom. The van der Waals surface area contributed by atoms with E-state index < -0.39 is 23.4 Å². The summed E-state index contributed by atoms with van der Waals surface area (Å²) in [6, 6.07) is 22.3. The van der Waals surface area contributed by atoms with E-state index in [1.165, 1.54) is 11.3 Å². The van der Waals surface area contributed by atoms with Gasteiger partial charge < -0.3 is 14.4 Å². The van der Waals surface area contributed by atoms with Gasteiger partial charge in [0.15, 0.2) is 17.3 Å². The predicted molar refractivity (Wildman–Crippen MR) is 154 cm³/mol. The van der Waals surface area contributed by atoms with Crippen LogP contribution in [0, 0.1) is 5.41 Å². The van der Waals surface area contributed by atoms with E-state index in [0.717, 1.165) is 11.3 Å². The zero-order chi connectivity index (χ0) is 27.6. The number of fused-ring (bicyclic) bond motifs is 5. The number of ketones is 3. The standard InChI is InChI=1S/C33H25NO5S/c1-38-20-14-15-23(25(18-20)39-2)28-29(30(35)26-12-7-17-40-26)34-24-11-6-3-8-19(24)13-16-27(34)33(28)31(36)21-9-4-5-10-22(21)32(33)37/h3-18,27-29H,1-2H3/t27-,28+,29-/m1/s1. The summed E-state index contributed by atoms with van der Waals surface area (Å²) in [5.74, 6) is -0.476. The normalized spacial score (nSPS) is 21.8. The van der Waals surface area contributed by atoms with Crippen molar-refractivity contribution in [3.05, 3.63) is 117 Å². The maximum atomic E-state index is 14.7. The number of para-hydroxylation sites is 1. The lowest BCUT2D eigenvalue weighted by Gasteiger charge is -2.37. The number of nitrogens with zero attached hydrogens (tertiary/aromatic N) is 1. The molecule has 7 rings (SSSR count). The quantitative estimate of drug-likeness (QED) is 0.223. The van der Waals surface area contributed by atoms with E-state index in [4.69, 9.17) is 9.47 Å². The van der Waals surface area contributed by atoms with E-state index >= 15 is 0 Å². The van der Waals surface area contributed by atoms with Crippen LogP contribution in [0.25, 0.3) is 6.08 Å². The summed E-state index contributed by atoms with van der Waals surface area (Å²) < 4.78 is 11.3. The van der Waals surface area contributed by atoms with Gasteiger partial charge in [0.2, 0.25) is 0 Å². The first kappa shape index (κ1) is 24.5. The van der Waals surface area contributed by atoms with Gasteiger partial charge in [-0.1, -0.05) is 66.7 Å². The third kappa shape index (κ3) is 3.12. The van der Waals surface area contributed by atoms with Crippen molar-refractivity contribution in [2.45, 2.75) is 18.0 Å². The summed E-state index contributed by atoms with van der Waals surface area (Å²) in [6.45, 7) is 0. The fourth-order valence-electron chi connectivity index (χ4n) is 6.90. The number of thiophene rings is 1. The molecule has 1 aromatic heterocycles. The van der Waals surface area contributed by atoms with Crippen LogP contribution in [0.2, 0.25) is 0 Å². The van der Waals surface area contributed by atoms with Crippen molar-refractivity contribution >= 4 is 40.4 Å². The molecule has 0 N–H and O–H groups in total. The molecule has 3 atom stereocenters. The number of carbonyl (C=O) groups is 3. The number of benzene rings is 3. The van der Waals surface area contributed by atoms with Gasteiger partial charge in [-0.25, -0.2) is 0 Å². The van der Waals surface area contributed by atoms with Crippen LogP contribution in [0.3, 0.4) is 0 Å². The highest BCUT2D eigenvalue weighted by Gasteiger charge is 2.72. The van der Waals surface area contributed by atoms with Gasteiger partial charge in [-0.3, -0.25) is 14.4 Å². The van der Waals surface area contributed by atoms with Crippen molar-refractivity contribution in [2.75, 3.05) is 19.1 Å². The van der Waals surface area contributed by atoms with Crippen molar-refractivity contribution in [3.8, 4) is 11.5 Å². The van der Waals surface area contributed by atoms with Crippen molar-refractivity contribution < 1.29 is 23.9 Å². The van der Waals surface area contributed by atoms with E-state index in [9.17, 15) is 14.4 Å². The summed E-state index contributed by atoms with van der Waals surface area (Å²) in [5.41, 5.74) is 1.56. The van der Waals surface area contributed by atoms with Crippen molar-refractivity contribution in [1.29, 1.82) is 0 Å². The molecule has 6 nitrogen and oxygen atoms in total. The van der Waals surface area contributed by atoms with Crippen LogP contribution in [0.5, 0.6) is 11.5 Å². The lowest BCUT2D eigenvalue weighted by atomic mass is 9.64. The van der Waals surface area contributed by atoms with Crippen molar-refractivity contribution in [3.63, 3.8) is 0 Å². The van der Waals surface area contributed by atoms with Gasteiger partial charge in [0.25, 0.3) is 0 Å². The minimum absolute atomic E-state index is 0.138. The third-order valence-electron chi connectivity index (χ3n) is 8.52. The van der Waals surface area contributed by atoms with Gasteiger partial charge in [-0.2, -0.15) is 0 Å². The highest BCUT2D eigenvalue weighted by molar-refractivity contribution is 7.12. The van der Waals surface area contributed by atoms with Gasteiger partial charge in [0, 0.05) is 34.4 Å². The maximum Gasteiger partial charge on any atom is 0.195 e. The summed E-state index contributed by atoms with van der Waals surface area (Å²) in [4.78, 5) is 46.5. The molecule has 1 fully saturated rings. The number of Topliss-reactive ketones (excluding diaryl/α,β-unsaturated/α-hetero) is 3. The molecule has 3 aromatic carbocycles.